The molecule has 0 radical (unpaired) electrons. The van der Waals surface area contributed by atoms with E-state index < -0.39 is 0 Å². The summed E-state index contributed by atoms with van der Waals surface area (Å²) in [4.78, 5) is 7.15. The van der Waals surface area contributed by atoms with Gasteiger partial charge in [-0.2, -0.15) is 0 Å². The van der Waals surface area contributed by atoms with Crippen molar-refractivity contribution < 1.29 is 4.39 Å². The van der Waals surface area contributed by atoms with E-state index >= 15 is 0 Å². The van der Waals surface area contributed by atoms with Gasteiger partial charge < -0.3 is 0 Å². The van der Waals surface area contributed by atoms with E-state index in [1.165, 1.54) is 23.1 Å². The van der Waals surface area contributed by atoms with Gasteiger partial charge >= 0.3 is 0 Å². The van der Waals surface area contributed by atoms with Crippen molar-refractivity contribution >= 4 is 16.5 Å². The molecule has 120 valence electrons. The number of para-hydroxylation sites is 1. The maximum absolute atomic E-state index is 13.0. The maximum Gasteiger partial charge on any atom is 0.123 e. The molecule has 0 spiro atoms. The van der Waals surface area contributed by atoms with Crippen LogP contribution in [0.1, 0.15) is 17.7 Å². The molecule has 0 amide bonds. The fourth-order valence-corrected chi connectivity index (χ4v) is 3.21. The Morgan fingerprint density at radius 1 is 0.958 bits per heavy atom. The van der Waals surface area contributed by atoms with Crippen molar-refractivity contribution in [1.29, 1.82) is 0 Å². The van der Waals surface area contributed by atoms with Crippen LogP contribution < -0.4 is 0 Å². The molecule has 0 aliphatic carbocycles. The van der Waals surface area contributed by atoms with Crippen molar-refractivity contribution in [3.8, 4) is 0 Å². The lowest BCUT2D eigenvalue weighted by Gasteiger charge is -2.26. The number of hydrogen-bond donors (Lipinski definition) is 0. The van der Waals surface area contributed by atoms with E-state index in [1.807, 2.05) is 24.3 Å². The van der Waals surface area contributed by atoms with Crippen molar-refractivity contribution in [2.45, 2.75) is 13.0 Å². The zero-order chi connectivity index (χ0) is 16.4. The Kier molecular flexibility index (Phi) is 4.09. The minimum absolute atomic E-state index is 0.181. The molecule has 0 atom stereocenters. The number of halogens is 1. The molecule has 0 N–H and O–H groups in total. The summed E-state index contributed by atoms with van der Waals surface area (Å²) in [5.41, 5.74) is 4.58. The molecule has 4 rings (SSSR count). The minimum atomic E-state index is -0.181. The van der Waals surface area contributed by atoms with Crippen LogP contribution >= 0.6 is 0 Å². The molecule has 2 aromatic carbocycles. The summed E-state index contributed by atoms with van der Waals surface area (Å²) in [5, 5.41) is 1.18. The third-order valence-electron chi connectivity index (χ3n) is 4.55. The van der Waals surface area contributed by atoms with E-state index in [0.717, 1.165) is 42.8 Å². The highest BCUT2D eigenvalue weighted by Crippen LogP contribution is 2.23. The molecule has 3 heteroatoms. The second-order valence-electron chi connectivity index (χ2n) is 6.22. The van der Waals surface area contributed by atoms with Gasteiger partial charge in [-0.15, -0.1) is 0 Å². The first kappa shape index (κ1) is 15.0. The topological polar surface area (TPSA) is 16.1 Å². The van der Waals surface area contributed by atoms with Crippen LogP contribution in [0.25, 0.3) is 16.5 Å². The average molecular weight is 318 g/mol. The normalized spacial score (nSPS) is 15.5. The van der Waals surface area contributed by atoms with Gasteiger partial charge in [0.25, 0.3) is 0 Å². The van der Waals surface area contributed by atoms with E-state index in [1.54, 1.807) is 0 Å². The van der Waals surface area contributed by atoms with E-state index in [4.69, 9.17) is 4.98 Å². The molecule has 0 saturated carbocycles. The SMILES string of the molecule is Fc1ccc(C2=CCN(Cc3ccc4ccccc4n3)CC2)cc1. The van der Waals surface area contributed by atoms with Gasteiger partial charge in [-0.25, -0.2) is 4.39 Å². The van der Waals surface area contributed by atoms with Crippen molar-refractivity contribution in [3.05, 3.63) is 83.8 Å². The molecule has 2 heterocycles. The molecule has 2 nitrogen and oxygen atoms in total. The van der Waals surface area contributed by atoms with Crippen molar-refractivity contribution in [3.63, 3.8) is 0 Å². The highest BCUT2D eigenvalue weighted by atomic mass is 19.1. The van der Waals surface area contributed by atoms with Crippen LogP contribution in [-0.2, 0) is 6.54 Å². The third kappa shape index (κ3) is 3.22. The monoisotopic (exact) mass is 318 g/mol. The van der Waals surface area contributed by atoms with Crippen molar-refractivity contribution in [1.82, 2.24) is 9.88 Å². The fourth-order valence-electron chi connectivity index (χ4n) is 3.21. The van der Waals surface area contributed by atoms with Crippen LogP contribution in [0.5, 0.6) is 0 Å². The van der Waals surface area contributed by atoms with E-state index in [9.17, 15) is 4.39 Å². The Morgan fingerprint density at radius 3 is 2.58 bits per heavy atom. The molecule has 0 fully saturated rings. The lowest BCUT2D eigenvalue weighted by Crippen LogP contribution is -2.28. The first-order valence-corrected chi connectivity index (χ1v) is 8.30. The molecule has 0 bridgehead atoms. The van der Waals surface area contributed by atoms with Crippen LogP contribution in [0.2, 0.25) is 0 Å². The Morgan fingerprint density at radius 2 is 1.79 bits per heavy atom. The fraction of sp³-hybridized carbons (Fsp3) is 0.190. The second kappa shape index (κ2) is 6.54. The predicted molar refractivity (Wildman–Crippen MR) is 96.0 cm³/mol. The summed E-state index contributed by atoms with van der Waals surface area (Å²) < 4.78 is 13.0. The molecule has 24 heavy (non-hydrogen) atoms. The van der Waals surface area contributed by atoms with Gasteiger partial charge in [-0.3, -0.25) is 9.88 Å². The van der Waals surface area contributed by atoms with Crippen LogP contribution in [0.3, 0.4) is 0 Å². The van der Waals surface area contributed by atoms with Gasteiger partial charge in [0.2, 0.25) is 0 Å². The van der Waals surface area contributed by atoms with E-state index in [-0.39, 0.29) is 5.82 Å². The Hall–Kier alpha value is -2.52. The first-order chi connectivity index (χ1) is 11.8. The van der Waals surface area contributed by atoms with Crippen LogP contribution in [0.4, 0.5) is 4.39 Å². The molecular formula is C21H19FN2. The standard InChI is InChI=1S/C21H19FN2/c22-19-8-5-16(6-9-19)17-11-13-24(14-12-17)15-20-10-7-18-3-1-2-4-21(18)23-20/h1-11H,12-15H2. The lowest BCUT2D eigenvalue weighted by molar-refractivity contribution is 0.291. The maximum atomic E-state index is 13.0. The van der Waals surface area contributed by atoms with Gasteiger partial charge in [-0.05, 0) is 41.8 Å². The summed E-state index contributed by atoms with van der Waals surface area (Å²) in [7, 11) is 0. The van der Waals surface area contributed by atoms with Gasteiger partial charge in [0.05, 0.1) is 11.2 Å². The third-order valence-corrected chi connectivity index (χ3v) is 4.55. The van der Waals surface area contributed by atoms with Crippen LogP contribution in [0.15, 0.2) is 66.7 Å². The summed E-state index contributed by atoms with van der Waals surface area (Å²) in [6.07, 6.45) is 3.23. The highest BCUT2D eigenvalue weighted by Gasteiger charge is 2.14. The molecular weight excluding hydrogens is 299 g/mol. The van der Waals surface area contributed by atoms with Gasteiger partial charge in [0, 0.05) is 25.0 Å². The first-order valence-electron chi connectivity index (χ1n) is 8.30. The molecule has 1 aliphatic rings. The van der Waals surface area contributed by atoms with Gasteiger partial charge in [0.1, 0.15) is 5.82 Å². The number of fused-ring (bicyclic) bond motifs is 1. The summed E-state index contributed by atoms with van der Waals surface area (Å²) >= 11 is 0. The number of aromatic nitrogens is 1. The van der Waals surface area contributed by atoms with E-state index in [2.05, 4.69) is 35.2 Å². The average Bonchev–Trinajstić information content (AvgIpc) is 2.63. The van der Waals surface area contributed by atoms with Gasteiger partial charge in [0.15, 0.2) is 0 Å². The summed E-state index contributed by atoms with van der Waals surface area (Å²) in [6.45, 7) is 2.76. The second-order valence-corrected chi connectivity index (χ2v) is 6.22. The quantitative estimate of drug-likeness (QED) is 0.698. The smallest absolute Gasteiger partial charge is 0.123 e. The number of hydrogen-bond acceptors (Lipinski definition) is 2. The summed E-state index contributed by atoms with van der Waals surface area (Å²) in [6, 6.07) is 19.2. The van der Waals surface area contributed by atoms with Crippen molar-refractivity contribution in [2.24, 2.45) is 0 Å². The summed E-state index contributed by atoms with van der Waals surface area (Å²) in [5.74, 6) is -0.181. The van der Waals surface area contributed by atoms with Crippen LogP contribution in [0, 0.1) is 5.82 Å². The van der Waals surface area contributed by atoms with Gasteiger partial charge in [-0.1, -0.05) is 42.5 Å². The Balaban J connectivity index is 1.46. The van der Waals surface area contributed by atoms with E-state index in [0.29, 0.717) is 0 Å². The predicted octanol–water partition coefficient (Wildman–Crippen LogP) is 4.66. The lowest BCUT2D eigenvalue weighted by atomic mass is 9.99. The zero-order valence-electron chi connectivity index (χ0n) is 13.5. The molecule has 0 unspecified atom stereocenters. The van der Waals surface area contributed by atoms with Crippen LogP contribution in [-0.4, -0.2) is 23.0 Å². The molecule has 1 aliphatic heterocycles. The molecule has 1 aromatic heterocycles. The largest absolute Gasteiger partial charge is 0.294 e. The molecule has 3 aromatic rings. The number of benzene rings is 2. The number of nitrogens with zero attached hydrogens (tertiary/aromatic N) is 2. The Labute approximate surface area is 141 Å². The number of rotatable bonds is 3. The number of pyridine rings is 1. The minimum Gasteiger partial charge on any atom is -0.294 e. The molecule has 0 saturated heterocycles. The van der Waals surface area contributed by atoms with Crippen molar-refractivity contribution in [2.75, 3.05) is 13.1 Å². The highest BCUT2D eigenvalue weighted by molar-refractivity contribution is 5.78. The zero-order valence-corrected chi connectivity index (χ0v) is 13.5. The Bertz CT molecular complexity index is 884.